The van der Waals surface area contributed by atoms with Gasteiger partial charge in [-0.05, 0) is 36.6 Å². The molecule has 7 nitrogen and oxygen atoms in total. The Kier molecular flexibility index (Phi) is 4.79. The van der Waals surface area contributed by atoms with Crippen molar-refractivity contribution in [3.63, 3.8) is 0 Å². The van der Waals surface area contributed by atoms with Crippen LogP contribution in [0, 0.1) is 0 Å². The minimum atomic E-state index is -0.00949. The summed E-state index contributed by atoms with van der Waals surface area (Å²) in [6, 6.07) is 6.00. The van der Waals surface area contributed by atoms with E-state index in [1.165, 1.54) is 0 Å². The molecule has 2 amide bonds. The molecular formula is C19H23N3O4. The molecule has 0 aromatic heterocycles. The van der Waals surface area contributed by atoms with Gasteiger partial charge in [-0.25, -0.2) is 0 Å². The summed E-state index contributed by atoms with van der Waals surface area (Å²) in [5, 5.41) is 3.00. The van der Waals surface area contributed by atoms with Gasteiger partial charge < -0.3 is 19.7 Å². The van der Waals surface area contributed by atoms with Crippen LogP contribution in [-0.4, -0.2) is 67.2 Å². The predicted octanol–water partition coefficient (Wildman–Crippen LogP) is 0.851. The Labute approximate surface area is 152 Å². The van der Waals surface area contributed by atoms with Crippen molar-refractivity contribution in [2.45, 2.75) is 18.9 Å². The van der Waals surface area contributed by atoms with Gasteiger partial charge in [0, 0.05) is 38.3 Å². The third-order valence-electron chi connectivity index (χ3n) is 4.81. The van der Waals surface area contributed by atoms with Crippen molar-refractivity contribution in [3.8, 4) is 11.5 Å². The average Bonchev–Trinajstić information content (AvgIpc) is 3.33. The Hall–Kier alpha value is -2.54. The van der Waals surface area contributed by atoms with Gasteiger partial charge in [0.1, 0.15) is 0 Å². The van der Waals surface area contributed by atoms with Gasteiger partial charge in [0.05, 0.1) is 6.54 Å². The minimum Gasteiger partial charge on any atom is -0.454 e. The first-order valence-corrected chi connectivity index (χ1v) is 9.06. The maximum Gasteiger partial charge on any atom is 0.246 e. The summed E-state index contributed by atoms with van der Waals surface area (Å²) in [7, 11) is 0. The number of hydrogen-bond acceptors (Lipinski definition) is 5. The van der Waals surface area contributed by atoms with E-state index in [2.05, 4.69) is 10.2 Å². The zero-order valence-corrected chi connectivity index (χ0v) is 14.6. The molecule has 7 heteroatoms. The molecule has 138 valence electrons. The van der Waals surface area contributed by atoms with Crippen LogP contribution in [0.2, 0.25) is 0 Å². The summed E-state index contributed by atoms with van der Waals surface area (Å²) in [6.07, 6.45) is 5.58. The number of hydrogen-bond donors (Lipinski definition) is 1. The molecule has 0 radical (unpaired) electrons. The van der Waals surface area contributed by atoms with Gasteiger partial charge in [-0.15, -0.1) is 0 Å². The highest BCUT2D eigenvalue weighted by Gasteiger charge is 2.25. The molecule has 1 saturated heterocycles. The van der Waals surface area contributed by atoms with Crippen LogP contribution in [-0.2, 0) is 9.59 Å². The highest BCUT2D eigenvalue weighted by molar-refractivity contribution is 5.92. The van der Waals surface area contributed by atoms with Gasteiger partial charge in [-0.1, -0.05) is 6.07 Å². The molecule has 26 heavy (non-hydrogen) atoms. The van der Waals surface area contributed by atoms with E-state index in [1.54, 1.807) is 12.2 Å². The van der Waals surface area contributed by atoms with Crippen molar-refractivity contribution in [1.29, 1.82) is 0 Å². The average molecular weight is 357 g/mol. The fourth-order valence-electron chi connectivity index (χ4n) is 3.12. The molecule has 0 bridgehead atoms. The fraction of sp³-hybridized carbons (Fsp3) is 0.474. The third-order valence-corrected chi connectivity index (χ3v) is 4.81. The summed E-state index contributed by atoms with van der Waals surface area (Å²) in [4.78, 5) is 28.1. The normalized spacial score (nSPS) is 19.8. The lowest BCUT2D eigenvalue weighted by atomic mass is 10.2. The molecule has 1 saturated carbocycles. The Morgan fingerprint density at radius 3 is 2.65 bits per heavy atom. The summed E-state index contributed by atoms with van der Waals surface area (Å²) in [5.41, 5.74) is 0.901. The first-order chi connectivity index (χ1) is 12.7. The highest BCUT2D eigenvalue weighted by atomic mass is 16.7. The number of amides is 2. The number of rotatable bonds is 5. The smallest absolute Gasteiger partial charge is 0.246 e. The van der Waals surface area contributed by atoms with Crippen LogP contribution in [0.5, 0.6) is 11.5 Å². The van der Waals surface area contributed by atoms with E-state index in [-0.39, 0.29) is 18.6 Å². The molecule has 2 heterocycles. The van der Waals surface area contributed by atoms with E-state index in [0.717, 1.165) is 37.2 Å². The second-order valence-electron chi connectivity index (χ2n) is 6.89. The zero-order valence-electron chi connectivity index (χ0n) is 14.6. The molecule has 2 aliphatic heterocycles. The number of carbonyl (C=O) groups excluding carboxylic acids is 2. The molecule has 4 rings (SSSR count). The first-order valence-electron chi connectivity index (χ1n) is 9.06. The Bertz CT molecular complexity index is 721. The second kappa shape index (κ2) is 7.37. The molecule has 1 aliphatic carbocycles. The Balaban J connectivity index is 1.24. The molecule has 1 N–H and O–H groups in total. The number of nitrogens with zero attached hydrogens (tertiary/aromatic N) is 2. The van der Waals surface area contributed by atoms with E-state index in [4.69, 9.17) is 9.47 Å². The lowest BCUT2D eigenvalue weighted by molar-refractivity contribution is -0.128. The van der Waals surface area contributed by atoms with Crippen molar-refractivity contribution in [3.05, 3.63) is 29.8 Å². The van der Waals surface area contributed by atoms with E-state index in [9.17, 15) is 9.59 Å². The summed E-state index contributed by atoms with van der Waals surface area (Å²) in [5.74, 6) is 1.52. The second-order valence-corrected chi connectivity index (χ2v) is 6.89. The summed E-state index contributed by atoms with van der Waals surface area (Å²) in [6.45, 7) is 3.39. The summed E-state index contributed by atoms with van der Waals surface area (Å²) >= 11 is 0. The van der Waals surface area contributed by atoms with Crippen LogP contribution < -0.4 is 14.8 Å². The van der Waals surface area contributed by atoms with Crippen LogP contribution in [0.25, 0.3) is 6.08 Å². The van der Waals surface area contributed by atoms with Crippen LogP contribution in [0.4, 0.5) is 0 Å². The highest BCUT2D eigenvalue weighted by Crippen LogP contribution is 2.32. The number of benzene rings is 1. The molecular weight excluding hydrogens is 334 g/mol. The van der Waals surface area contributed by atoms with Crippen molar-refractivity contribution < 1.29 is 19.1 Å². The lowest BCUT2D eigenvalue weighted by Crippen LogP contribution is -2.51. The standard InChI is InChI=1S/C19H23N3O4/c23-18(20-15-3-4-15)12-21-7-9-22(10-8-21)19(24)6-2-14-1-5-16-17(11-14)26-13-25-16/h1-2,5-6,11,15H,3-4,7-10,12-13H2,(H,20,23). The van der Waals surface area contributed by atoms with E-state index in [1.807, 2.05) is 23.1 Å². The summed E-state index contributed by atoms with van der Waals surface area (Å²) < 4.78 is 10.6. The van der Waals surface area contributed by atoms with Gasteiger partial charge in [0.25, 0.3) is 0 Å². The number of carbonyl (C=O) groups is 2. The van der Waals surface area contributed by atoms with Crippen LogP contribution in [0.1, 0.15) is 18.4 Å². The molecule has 0 atom stereocenters. The van der Waals surface area contributed by atoms with Gasteiger partial charge in [-0.2, -0.15) is 0 Å². The Morgan fingerprint density at radius 1 is 1.12 bits per heavy atom. The topological polar surface area (TPSA) is 71.1 Å². The SMILES string of the molecule is O=C(CN1CCN(C(=O)C=Cc2ccc3c(c2)OCO3)CC1)NC1CC1. The molecule has 3 aliphatic rings. The quantitative estimate of drug-likeness (QED) is 0.791. The number of nitrogens with one attached hydrogen (secondary N) is 1. The predicted molar refractivity (Wildman–Crippen MR) is 95.8 cm³/mol. The van der Waals surface area contributed by atoms with Gasteiger partial charge in [0.2, 0.25) is 18.6 Å². The van der Waals surface area contributed by atoms with Crippen molar-refractivity contribution in [1.82, 2.24) is 15.1 Å². The van der Waals surface area contributed by atoms with E-state index >= 15 is 0 Å². The number of piperazine rings is 1. The maximum absolute atomic E-state index is 12.4. The molecule has 2 fully saturated rings. The van der Waals surface area contributed by atoms with Crippen LogP contribution in [0.15, 0.2) is 24.3 Å². The van der Waals surface area contributed by atoms with Crippen LogP contribution in [0.3, 0.4) is 0 Å². The van der Waals surface area contributed by atoms with E-state index in [0.29, 0.717) is 31.4 Å². The van der Waals surface area contributed by atoms with Crippen molar-refractivity contribution in [2.75, 3.05) is 39.5 Å². The van der Waals surface area contributed by atoms with Crippen LogP contribution >= 0.6 is 0 Å². The molecule has 0 unspecified atom stereocenters. The Morgan fingerprint density at radius 2 is 1.88 bits per heavy atom. The zero-order chi connectivity index (χ0) is 17.9. The largest absolute Gasteiger partial charge is 0.454 e. The molecule has 1 aromatic rings. The number of ether oxygens (including phenoxy) is 2. The lowest BCUT2D eigenvalue weighted by Gasteiger charge is -2.33. The van der Waals surface area contributed by atoms with Gasteiger partial charge >= 0.3 is 0 Å². The number of fused-ring (bicyclic) bond motifs is 1. The van der Waals surface area contributed by atoms with Crippen molar-refractivity contribution >= 4 is 17.9 Å². The maximum atomic E-state index is 12.4. The molecule has 0 spiro atoms. The van der Waals surface area contributed by atoms with E-state index < -0.39 is 0 Å². The monoisotopic (exact) mass is 357 g/mol. The fourth-order valence-corrected chi connectivity index (χ4v) is 3.12. The van der Waals surface area contributed by atoms with Gasteiger partial charge in [-0.3, -0.25) is 14.5 Å². The molecule has 1 aromatic carbocycles. The minimum absolute atomic E-state index is 0.00949. The first kappa shape index (κ1) is 16.9. The third kappa shape index (κ3) is 4.16. The van der Waals surface area contributed by atoms with Gasteiger partial charge in [0.15, 0.2) is 11.5 Å². The van der Waals surface area contributed by atoms with Crippen molar-refractivity contribution in [2.24, 2.45) is 0 Å².